The molecule has 2 aromatic rings. The number of aliphatic hydroxyl groups is 1. The van der Waals surface area contributed by atoms with Crippen molar-refractivity contribution in [3.05, 3.63) is 30.1 Å². The van der Waals surface area contributed by atoms with Gasteiger partial charge in [-0.05, 0) is 13.8 Å². The van der Waals surface area contributed by atoms with Gasteiger partial charge in [0.1, 0.15) is 23.7 Å². The summed E-state index contributed by atoms with van der Waals surface area (Å²) >= 11 is 0. The minimum absolute atomic E-state index is 0.548. The van der Waals surface area contributed by atoms with E-state index in [0.717, 1.165) is 5.82 Å². The summed E-state index contributed by atoms with van der Waals surface area (Å²) in [5.41, 5.74) is -0.401. The van der Waals surface area contributed by atoms with Crippen molar-refractivity contribution < 1.29 is 5.11 Å². The predicted molar refractivity (Wildman–Crippen MR) is 57.6 cm³/mol. The molecule has 16 heavy (non-hydrogen) atoms. The van der Waals surface area contributed by atoms with Crippen LogP contribution >= 0.6 is 0 Å². The predicted octanol–water partition coefficient (Wildman–Crippen LogP) is 0.287. The summed E-state index contributed by atoms with van der Waals surface area (Å²) in [5.74, 6) is 0.896. The van der Waals surface area contributed by atoms with Crippen LogP contribution in [0.15, 0.2) is 18.6 Å². The van der Waals surface area contributed by atoms with E-state index in [4.69, 9.17) is 0 Å². The third-order valence-electron chi connectivity index (χ3n) is 2.39. The van der Waals surface area contributed by atoms with E-state index in [-0.39, 0.29) is 0 Å². The molecule has 0 aromatic carbocycles. The molecular weight excluding hydrogens is 206 g/mol. The Kier molecular flexibility index (Phi) is 2.51. The van der Waals surface area contributed by atoms with E-state index in [1.54, 1.807) is 30.9 Å². The van der Waals surface area contributed by atoms with Gasteiger partial charge in [-0.25, -0.2) is 9.67 Å². The SMILES string of the molecule is Cn1ccnc1Cn1cc(C(C)(C)O)nn1. The van der Waals surface area contributed by atoms with E-state index in [0.29, 0.717) is 12.2 Å². The number of rotatable bonds is 3. The second kappa shape index (κ2) is 3.71. The minimum atomic E-state index is -0.958. The summed E-state index contributed by atoms with van der Waals surface area (Å²) in [4.78, 5) is 4.19. The van der Waals surface area contributed by atoms with Gasteiger partial charge in [0.05, 0.1) is 6.20 Å². The second-order valence-corrected chi connectivity index (χ2v) is 4.31. The Bertz CT molecular complexity index is 479. The highest BCUT2D eigenvalue weighted by Gasteiger charge is 2.20. The fourth-order valence-electron chi connectivity index (χ4n) is 1.35. The third kappa shape index (κ3) is 2.11. The highest BCUT2D eigenvalue weighted by molar-refractivity contribution is 5.03. The summed E-state index contributed by atoms with van der Waals surface area (Å²) in [6, 6.07) is 0. The van der Waals surface area contributed by atoms with Gasteiger partial charge in [0.2, 0.25) is 0 Å². The number of nitrogens with zero attached hydrogens (tertiary/aromatic N) is 5. The Labute approximate surface area is 93.5 Å². The lowest BCUT2D eigenvalue weighted by Crippen LogP contribution is -2.15. The first-order chi connectivity index (χ1) is 7.47. The van der Waals surface area contributed by atoms with Gasteiger partial charge in [0.25, 0.3) is 0 Å². The molecule has 0 saturated carbocycles. The van der Waals surface area contributed by atoms with Crippen LogP contribution in [-0.4, -0.2) is 29.7 Å². The van der Waals surface area contributed by atoms with Gasteiger partial charge in [-0.1, -0.05) is 5.21 Å². The van der Waals surface area contributed by atoms with Crippen molar-refractivity contribution in [3.8, 4) is 0 Å². The molecule has 2 aromatic heterocycles. The zero-order valence-corrected chi connectivity index (χ0v) is 9.62. The van der Waals surface area contributed by atoms with Gasteiger partial charge < -0.3 is 9.67 Å². The average Bonchev–Trinajstić information content (AvgIpc) is 2.76. The van der Waals surface area contributed by atoms with Crippen molar-refractivity contribution in [1.29, 1.82) is 0 Å². The number of hydrogen-bond acceptors (Lipinski definition) is 4. The Morgan fingerprint density at radius 2 is 2.19 bits per heavy atom. The molecule has 2 rings (SSSR count). The van der Waals surface area contributed by atoms with E-state index in [9.17, 15) is 5.11 Å². The molecule has 6 nitrogen and oxygen atoms in total. The number of aryl methyl sites for hydroxylation is 1. The first-order valence-electron chi connectivity index (χ1n) is 5.06. The Balaban J connectivity index is 2.18. The second-order valence-electron chi connectivity index (χ2n) is 4.31. The summed E-state index contributed by atoms with van der Waals surface area (Å²) in [6.07, 6.45) is 5.35. The maximum Gasteiger partial charge on any atom is 0.130 e. The van der Waals surface area contributed by atoms with Crippen molar-refractivity contribution in [2.24, 2.45) is 7.05 Å². The van der Waals surface area contributed by atoms with Gasteiger partial charge in [-0.15, -0.1) is 5.10 Å². The van der Waals surface area contributed by atoms with Gasteiger partial charge in [0, 0.05) is 19.4 Å². The van der Waals surface area contributed by atoms with E-state index >= 15 is 0 Å². The van der Waals surface area contributed by atoms with Gasteiger partial charge in [0.15, 0.2) is 0 Å². The number of hydrogen-bond donors (Lipinski definition) is 1. The zero-order valence-electron chi connectivity index (χ0n) is 9.62. The number of imidazole rings is 1. The molecule has 2 heterocycles. The van der Waals surface area contributed by atoms with Crippen LogP contribution in [0.1, 0.15) is 25.4 Å². The molecule has 86 valence electrons. The van der Waals surface area contributed by atoms with Crippen molar-refractivity contribution in [2.75, 3.05) is 0 Å². The molecule has 0 unspecified atom stereocenters. The fourth-order valence-corrected chi connectivity index (χ4v) is 1.35. The molecule has 0 atom stereocenters. The molecule has 0 bridgehead atoms. The molecule has 0 amide bonds. The van der Waals surface area contributed by atoms with Crippen molar-refractivity contribution in [2.45, 2.75) is 26.0 Å². The molecule has 1 N–H and O–H groups in total. The topological polar surface area (TPSA) is 68.8 Å². The molecule has 0 aliphatic carbocycles. The molecule has 0 spiro atoms. The minimum Gasteiger partial charge on any atom is -0.384 e. The average molecular weight is 221 g/mol. The summed E-state index contributed by atoms with van der Waals surface area (Å²) < 4.78 is 3.58. The van der Waals surface area contributed by atoms with Crippen LogP contribution in [0, 0.1) is 0 Å². The maximum atomic E-state index is 9.75. The first-order valence-corrected chi connectivity index (χ1v) is 5.06. The quantitative estimate of drug-likeness (QED) is 0.808. The molecule has 6 heteroatoms. The normalized spacial score (nSPS) is 12.0. The third-order valence-corrected chi connectivity index (χ3v) is 2.39. The lowest BCUT2D eigenvalue weighted by atomic mass is 10.1. The molecule has 0 aliphatic heterocycles. The molecule has 0 aliphatic rings. The lowest BCUT2D eigenvalue weighted by Gasteiger charge is -2.11. The van der Waals surface area contributed by atoms with E-state index in [2.05, 4.69) is 15.3 Å². The summed E-state index contributed by atoms with van der Waals surface area (Å²) in [7, 11) is 1.93. The van der Waals surface area contributed by atoms with E-state index < -0.39 is 5.60 Å². The van der Waals surface area contributed by atoms with Crippen LogP contribution < -0.4 is 0 Å². The van der Waals surface area contributed by atoms with Crippen LogP contribution in [0.2, 0.25) is 0 Å². The summed E-state index contributed by atoms with van der Waals surface area (Å²) in [5, 5.41) is 17.6. The standard InChI is InChI=1S/C10H15N5O/c1-10(2,16)8-6-15(13-12-8)7-9-11-4-5-14(9)3/h4-6,16H,7H2,1-3H3. The van der Waals surface area contributed by atoms with Crippen LogP contribution in [0.5, 0.6) is 0 Å². The van der Waals surface area contributed by atoms with Crippen molar-refractivity contribution in [3.63, 3.8) is 0 Å². The molecule has 0 fully saturated rings. The number of aromatic nitrogens is 5. The van der Waals surface area contributed by atoms with Crippen LogP contribution in [-0.2, 0) is 19.2 Å². The summed E-state index contributed by atoms with van der Waals surface area (Å²) in [6.45, 7) is 3.91. The fraction of sp³-hybridized carbons (Fsp3) is 0.500. The largest absolute Gasteiger partial charge is 0.384 e. The van der Waals surface area contributed by atoms with Crippen molar-refractivity contribution >= 4 is 0 Å². The highest BCUT2D eigenvalue weighted by Crippen LogP contribution is 2.15. The van der Waals surface area contributed by atoms with Crippen LogP contribution in [0.25, 0.3) is 0 Å². The smallest absolute Gasteiger partial charge is 0.130 e. The van der Waals surface area contributed by atoms with Gasteiger partial charge >= 0.3 is 0 Å². The highest BCUT2D eigenvalue weighted by atomic mass is 16.3. The monoisotopic (exact) mass is 221 g/mol. The lowest BCUT2D eigenvalue weighted by molar-refractivity contribution is 0.0737. The van der Waals surface area contributed by atoms with Crippen LogP contribution in [0.4, 0.5) is 0 Å². The van der Waals surface area contributed by atoms with E-state index in [1.807, 2.05) is 17.8 Å². The molecule has 0 saturated heterocycles. The van der Waals surface area contributed by atoms with Gasteiger partial charge in [-0.3, -0.25) is 0 Å². The van der Waals surface area contributed by atoms with E-state index in [1.165, 1.54) is 0 Å². The molecular formula is C10H15N5O. The Hall–Kier alpha value is -1.69. The first kappa shape index (κ1) is 10.8. The Morgan fingerprint density at radius 1 is 1.44 bits per heavy atom. The van der Waals surface area contributed by atoms with Crippen LogP contribution in [0.3, 0.4) is 0 Å². The molecule has 0 radical (unpaired) electrons. The van der Waals surface area contributed by atoms with Crippen molar-refractivity contribution in [1.82, 2.24) is 24.5 Å². The zero-order chi connectivity index (χ0) is 11.8. The Morgan fingerprint density at radius 3 is 2.69 bits per heavy atom. The maximum absolute atomic E-state index is 9.75. The van der Waals surface area contributed by atoms with Gasteiger partial charge in [-0.2, -0.15) is 0 Å².